The van der Waals surface area contributed by atoms with E-state index in [2.05, 4.69) is 11.4 Å². The van der Waals surface area contributed by atoms with Crippen molar-refractivity contribution in [3.63, 3.8) is 0 Å². The van der Waals surface area contributed by atoms with Crippen LogP contribution in [0.2, 0.25) is 0 Å². The molecule has 20 heavy (non-hydrogen) atoms. The summed E-state index contributed by atoms with van der Waals surface area (Å²) in [5.41, 5.74) is 1.89. The van der Waals surface area contributed by atoms with Crippen LogP contribution in [0.25, 0.3) is 0 Å². The lowest BCUT2D eigenvalue weighted by molar-refractivity contribution is 0.191. The van der Waals surface area contributed by atoms with Crippen molar-refractivity contribution in [3.8, 4) is 5.75 Å². The molecule has 0 aliphatic rings. The molecule has 106 valence electrons. The highest BCUT2D eigenvalue weighted by atomic mass is 32.2. The van der Waals surface area contributed by atoms with E-state index in [1.54, 1.807) is 18.9 Å². The molecule has 0 heterocycles. The van der Waals surface area contributed by atoms with Gasteiger partial charge in [0.25, 0.3) is 0 Å². The van der Waals surface area contributed by atoms with Gasteiger partial charge in [0.2, 0.25) is 0 Å². The van der Waals surface area contributed by atoms with Gasteiger partial charge in [-0.15, -0.1) is 11.8 Å². The van der Waals surface area contributed by atoms with Crippen LogP contribution >= 0.6 is 11.8 Å². The molecule has 4 heteroatoms. The number of rotatable bonds is 6. The number of benzene rings is 2. The highest BCUT2D eigenvalue weighted by Gasteiger charge is 2.09. The predicted molar refractivity (Wildman–Crippen MR) is 84.7 cm³/mol. The summed E-state index contributed by atoms with van der Waals surface area (Å²) in [5.74, 6) is 0.756. The minimum atomic E-state index is -0.569. The van der Waals surface area contributed by atoms with Crippen LogP contribution < -0.4 is 10.1 Å². The van der Waals surface area contributed by atoms with E-state index in [1.807, 2.05) is 48.7 Å². The third kappa shape index (κ3) is 3.68. The van der Waals surface area contributed by atoms with Crippen molar-refractivity contribution in [2.24, 2.45) is 0 Å². The van der Waals surface area contributed by atoms with Crippen molar-refractivity contribution in [2.75, 3.05) is 25.2 Å². The molecule has 0 fully saturated rings. The zero-order valence-electron chi connectivity index (χ0n) is 11.7. The summed E-state index contributed by atoms with van der Waals surface area (Å²) >= 11 is 1.68. The fraction of sp³-hybridized carbons (Fsp3) is 0.250. The Balaban J connectivity index is 2.02. The molecule has 0 radical (unpaired) electrons. The molecule has 2 N–H and O–H groups in total. The number of nitrogens with one attached hydrogen (secondary N) is 1. The first-order chi connectivity index (χ1) is 9.74. The number of anilines is 1. The van der Waals surface area contributed by atoms with Crippen LogP contribution in [-0.2, 0) is 0 Å². The molecule has 0 saturated carbocycles. The Hall–Kier alpha value is -1.65. The monoisotopic (exact) mass is 289 g/mol. The van der Waals surface area contributed by atoms with Gasteiger partial charge in [-0.2, -0.15) is 0 Å². The highest BCUT2D eigenvalue weighted by molar-refractivity contribution is 7.98. The van der Waals surface area contributed by atoms with Crippen molar-refractivity contribution in [2.45, 2.75) is 11.0 Å². The van der Waals surface area contributed by atoms with Crippen molar-refractivity contribution in [1.82, 2.24) is 0 Å². The number of aliphatic hydroxyl groups is 1. The second-order valence-electron chi connectivity index (χ2n) is 4.37. The molecule has 0 amide bonds. The number of para-hydroxylation sites is 1. The summed E-state index contributed by atoms with van der Waals surface area (Å²) in [7, 11) is 1.62. The summed E-state index contributed by atoms with van der Waals surface area (Å²) in [6, 6.07) is 15.6. The summed E-state index contributed by atoms with van der Waals surface area (Å²) < 4.78 is 5.17. The third-order valence-corrected chi connectivity index (χ3v) is 3.87. The Morgan fingerprint density at radius 1 is 1.20 bits per heavy atom. The number of methoxy groups -OCH3 is 1. The lowest BCUT2D eigenvalue weighted by Crippen LogP contribution is -2.12. The fourth-order valence-electron chi connectivity index (χ4n) is 1.96. The van der Waals surface area contributed by atoms with Gasteiger partial charge in [-0.25, -0.2) is 0 Å². The van der Waals surface area contributed by atoms with Gasteiger partial charge in [0.05, 0.1) is 13.2 Å². The normalized spacial score (nSPS) is 11.9. The van der Waals surface area contributed by atoms with E-state index < -0.39 is 6.10 Å². The summed E-state index contributed by atoms with van der Waals surface area (Å²) in [6.45, 7) is 0.463. The topological polar surface area (TPSA) is 41.5 Å². The quantitative estimate of drug-likeness (QED) is 0.798. The number of ether oxygens (including phenoxy) is 1. The van der Waals surface area contributed by atoms with Crippen LogP contribution in [-0.4, -0.2) is 25.0 Å². The van der Waals surface area contributed by atoms with Gasteiger partial charge >= 0.3 is 0 Å². The van der Waals surface area contributed by atoms with E-state index in [1.165, 1.54) is 4.90 Å². The van der Waals surface area contributed by atoms with Gasteiger partial charge in [-0.3, -0.25) is 0 Å². The Morgan fingerprint density at radius 3 is 2.75 bits per heavy atom. The molecule has 0 aliphatic carbocycles. The lowest BCUT2D eigenvalue weighted by Gasteiger charge is -2.15. The largest absolute Gasteiger partial charge is 0.497 e. The Labute approximate surface area is 124 Å². The number of thioether (sulfide) groups is 1. The SMILES string of the molecule is COc1cccc(C(O)CNc2ccccc2SC)c1. The van der Waals surface area contributed by atoms with E-state index in [0.29, 0.717) is 6.54 Å². The summed E-state index contributed by atoms with van der Waals surface area (Å²) in [4.78, 5) is 1.17. The van der Waals surface area contributed by atoms with Crippen molar-refractivity contribution >= 4 is 17.4 Å². The molecule has 0 aliphatic heterocycles. The molecule has 1 unspecified atom stereocenters. The maximum absolute atomic E-state index is 10.2. The molecule has 3 nitrogen and oxygen atoms in total. The maximum atomic E-state index is 10.2. The number of aliphatic hydroxyl groups excluding tert-OH is 1. The third-order valence-electron chi connectivity index (χ3n) is 3.07. The summed E-state index contributed by atoms with van der Waals surface area (Å²) in [6.07, 6.45) is 1.47. The van der Waals surface area contributed by atoms with E-state index in [9.17, 15) is 5.11 Å². The smallest absolute Gasteiger partial charge is 0.119 e. The Bertz CT molecular complexity index is 560. The molecule has 0 spiro atoms. The molecule has 2 aromatic rings. The molecule has 2 rings (SSSR count). The maximum Gasteiger partial charge on any atom is 0.119 e. The average molecular weight is 289 g/mol. The number of hydrogen-bond acceptors (Lipinski definition) is 4. The first-order valence-electron chi connectivity index (χ1n) is 6.43. The predicted octanol–water partition coefficient (Wildman–Crippen LogP) is 3.56. The first-order valence-corrected chi connectivity index (χ1v) is 7.66. The van der Waals surface area contributed by atoms with E-state index >= 15 is 0 Å². The molecule has 0 bridgehead atoms. The van der Waals surface area contributed by atoms with Gasteiger partial charge in [0, 0.05) is 17.1 Å². The molecule has 0 aromatic heterocycles. The van der Waals surface area contributed by atoms with Crippen LogP contribution in [0, 0.1) is 0 Å². The fourth-order valence-corrected chi connectivity index (χ4v) is 2.54. The molecule has 2 aromatic carbocycles. The zero-order valence-corrected chi connectivity index (χ0v) is 12.5. The van der Waals surface area contributed by atoms with Gasteiger partial charge < -0.3 is 15.2 Å². The highest BCUT2D eigenvalue weighted by Crippen LogP contribution is 2.26. The minimum absolute atomic E-state index is 0.463. The molecule has 1 atom stereocenters. The minimum Gasteiger partial charge on any atom is -0.497 e. The van der Waals surface area contributed by atoms with E-state index in [4.69, 9.17) is 4.74 Å². The van der Waals surface area contributed by atoms with Gasteiger partial charge in [-0.05, 0) is 36.1 Å². The Morgan fingerprint density at radius 2 is 2.00 bits per heavy atom. The Kier molecular flexibility index (Phi) is 5.32. The molecular weight excluding hydrogens is 270 g/mol. The zero-order chi connectivity index (χ0) is 14.4. The standard InChI is InChI=1S/C16H19NO2S/c1-19-13-7-5-6-12(10-13)15(18)11-17-14-8-3-4-9-16(14)20-2/h3-10,15,17-18H,11H2,1-2H3. The van der Waals surface area contributed by atoms with Crippen LogP contribution in [0.3, 0.4) is 0 Å². The van der Waals surface area contributed by atoms with Crippen LogP contribution in [0.5, 0.6) is 5.75 Å². The van der Waals surface area contributed by atoms with Crippen LogP contribution in [0.4, 0.5) is 5.69 Å². The lowest BCUT2D eigenvalue weighted by atomic mass is 10.1. The second-order valence-corrected chi connectivity index (χ2v) is 5.22. The van der Waals surface area contributed by atoms with E-state index in [-0.39, 0.29) is 0 Å². The van der Waals surface area contributed by atoms with E-state index in [0.717, 1.165) is 17.0 Å². The van der Waals surface area contributed by atoms with Crippen LogP contribution in [0.15, 0.2) is 53.4 Å². The van der Waals surface area contributed by atoms with Crippen molar-refractivity contribution in [1.29, 1.82) is 0 Å². The average Bonchev–Trinajstić information content (AvgIpc) is 2.52. The van der Waals surface area contributed by atoms with Gasteiger partial charge in [-0.1, -0.05) is 24.3 Å². The van der Waals surface area contributed by atoms with Gasteiger partial charge in [0.15, 0.2) is 0 Å². The van der Waals surface area contributed by atoms with Crippen LogP contribution in [0.1, 0.15) is 11.7 Å². The summed E-state index contributed by atoms with van der Waals surface area (Å²) in [5, 5.41) is 13.5. The van der Waals surface area contributed by atoms with Crippen molar-refractivity contribution < 1.29 is 9.84 Å². The second kappa shape index (κ2) is 7.22. The molecular formula is C16H19NO2S. The number of hydrogen-bond donors (Lipinski definition) is 2. The van der Waals surface area contributed by atoms with Crippen molar-refractivity contribution in [3.05, 3.63) is 54.1 Å². The first kappa shape index (κ1) is 14.8. The van der Waals surface area contributed by atoms with Gasteiger partial charge in [0.1, 0.15) is 5.75 Å². The molecule has 0 saturated heterocycles.